The number of piperazine rings is 1. The number of nitrogens with one attached hydrogen (secondary N) is 1. The molecule has 2 rings (SSSR count). The molecule has 0 aliphatic carbocycles. The van der Waals surface area contributed by atoms with Gasteiger partial charge in [-0.2, -0.15) is 0 Å². The number of halogens is 1. The second-order valence-electron chi connectivity index (χ2n) is 4.04. The smallest absolute Gasteiger partial charge is 0.175 e. The van der Waals surface area contributed by atoms with E-state index in [1.54, 1.807) is 0 Å². The van der Waals surface area contributed by atoms with Crippen LogP contribution in [0.2, 0.25) is 0 Å². The number of hydrogen-bond acceptors (Lipinski definition) is 6. The second-order valence-corrected chi connectivity index (χ2v) is 5.21. The zero-order chi connectivity index (χ0) is 12.4. The Morgan fingerprint density at radius 2 is 2.12 bits per heavy atom. The number of aliphatic imine (C=N–C) groups is 1. The average Bonchev–Trinajstić information content (AvgIpc) is 2.35. The fraction of sp³-hybridized carbons (Fsp3) is 0.700. The van der Waals surface area contributed by atoms with Crippen LogP contribution in [0.3, 0.4) is 0 Å². The molecule has 7 heteroatoms. The van der Waals surface area contributed by atoms with Gasteiger partial charge >= 0.3 is 0 Å². The van der Waals surface area contributed by atoms with Crippen LogP contribution in [-0.4, -0.2) is 60.6 Å². The van der Waals surface area contributed by atoms with Gasteiger partial charge in [-0.15, -0.1) is 11.8 Å². The van der Waals surface area contributed by atoms with Gasteiger partial charge < -0.3 is 15.1 Å². The van der Waals surface area contributed by atoms with Crippen molar-refractivity contribution in [1.29, 1.82) is 0 Å². The molecule has 0 aromatic rings. The Kier molecular flexibility index (Phi) is 4.19. The molecule has 1 atom stereocenters. The summed E-state index contributed by atoms with van der Waals surface area (Å²) in [7, 11) is 1.94. The summed E-state index contributed by atoms with van der Waals surface area (Å²) in [5.74, 6) is 1.00. The third-order valence-electron chi connectivity index (χ3n) is 2.97. The van der Waals surface area contributed by atoms with E-state index in [4.69, 9.17) is 17.3 Å². The maximum Gasteiger partial charge on any atom is 0.175 e. The van der Waals surface area contributed by atoms with Gasteiger partial charge in [0.15, 0.2) is 6.29 Å². The zero-order valence-electron chi connectivity index (χ0n) is 10.1. The van der Waals surface area contributed by atoms with E-state index in [1.165, 1.54) is 11.8 Å². The lowest BCUT2D eigenvalue weighted by Crippen LogP contribution is -2.51. The maximum absolute atomic E-state index is 6.41. The monoisotopic (exact) mass is 275 g/mol. The van der Waals surface area contributed by atoms with Gasteiger partial charge in [0.2, 0.25) is 0 Å². The minimum atomic E-state index is -0.343. The van der Waals surface area contributed by atoms with Gasteiger partial charge in [0, 0.05) is 33.2 Å². The van der Waals surface area contributed by atoms with Crippen LogP contribution in [0.1, 0.15) is 0 Å². The van der Waals surface area contributed by atoms with Crippen molar-refractivity contribution in [2.45, 2.75) is 6.29 Å². The third kappa shape index (κ3) is 2.54. The van der Waals surface area contributed by atoms with Crippen molar-refractivity contribution in [3.8, 4) is 0 Å². The highest BCUT2D eigenvalue weighted by atomic mass is 35.5. The van der Waals surface area contributed by atoms with Crippen molar-refractivity contribution >= 4 is 28.4 Å². The normalized spacial score (nSPS) is 26.4. The molecule has 0 spiro atoms. The van der Waals surface area contributed by atoms with E-state index < -0.39 is 0 Å². The first-order valence-electron chi connectivity index (χ1n) is 5.61. The lowest BCUT2D eigenvalue weighted by atomic mass is 10.3. The first kappa shape index (κ1) is 13.0. The van der Waals surface area contributed by atoms with Crippen molar-refractivity contribution < 1.29 is 0 Å². The van der Waals surface area contributed by atoms with Crippen molar-refractivity contribution in [3.05, 3.63) is 10.9 Å². The highest BCUT2D eigenvalue weighted by Gasteiger charge is 2.29. The predicted octanol–water partition coefficient (Wildman–Crippen LogP) is 0.249. The number of nitrogens with two attached hydrogens (primary N) is 1. The molecule has 1 unspecified atom stereocenters. The third-order valence-corrected chi connectivity index (χ3v) is 4.13. The van der Waals surface area contributed by atoms with Crippen molar-refractivity contribution in [3.63, 3.8) is 0 Å². The molecule has 0 amide bonds. The number of rotatable bonds is 1. The Balaban J connectivity index is 2.29. The fourth-order valence-electron chi connectivity index (χ4n) is 2.02. The summed E-state index contributed by atoms with van der Waals surface area (Å²) in [5, 5.41) is 4.86. The standard InChI is InChI=1S/C10H18ClN5S/c1-15-9(16-5-3-13-4-6-16)7(11)8(17-2)14-10(15)12/h10,13H,3-6,12H2,1-2H3. The Morgan fingerprint density at radius 3 is 2.71 bits per heavy atom. The highest BCUT2D eigenvalue weighted by Crippen LogP contribution is 2.28. The van der Waals surface area contributed by atoms with Crippen LogP contribution >= 0.6 is 23.4 Å². The lowest BCUT2D eigenvalue weighted by Gasteiger charge is -2.40. The van der Waals surface area contributed by atoms with Crippen LogP contribution in [0.4, 0.5) is 0 Å². The molecular formula is C10H18ClN5S. The van der Waals surface area contributed by atoms with Gasteiger partial charge in [0.05, 0.1) is 0 Å². The van der Waals surface area contributed by atoms with Gasteiger partial charge in [-0.25, -0.2) is 4.99 Å². The summed E-state index contributed by atoms with van der Waals surface area (Å²) >= 11 is 7.95. The van der Waals surface area contributed by atoms with Crippen molar-refractivity contribution in [1.82, 2.24) is 15.1 Å². The fourth-order valence-corrected chi connectivity index (χ4v) is 3.04. The van der Waals surface area contributed by atoms with Crippen LogP contribution in [-0.2, 0) is 0 Å². The molecule has 0 aromatic carbocycles. The number of hydrogen-bond donors (Lipinski definition) is 2. The molecule has 17 heavy (non-hydrogen) atoms. The molecule has 0 radical (unpaired) electrons. The molecule has 1 saturated heterocycles. The Labute approximate surface area is 111 Å². The van der Waals surface area contributed by atoms with Crippen molar-refractivity contribution in [2.24, 2.45) is 10.7 Å². The molecule has 3 N–H and O–H groups in total. The molecule has 2 aliphatic rings. The summed E-state index contributed by atoms with van der Waals surface area (Å²) in [6, 6.07) is 0. The molecule has 2 aliphatic heterocycles. The molecule has 0 aromatic heterocycles. The Bertz CT molecular complexity index is 351. The zero-order valence-corrected chi connectivity index (χ0v) is 11.7. The van der Waals surface area contributed by atoms with E-state index >= 15 is 0 Å². The van der Waals surface area contributed by atoms with E-state index in [-0.39, 0.29) is 6.29 Å². The largest absolute Gasteiger partial charge is 0.354 e. The van der Waals surface area contributed by atoms with E-state index in [2.05, 4.69) is 15.2 Å². The maximum atomic E-state index is 6.41. The summed E-state index contributed by atoms with van der Waals surface area (Å²) in [6.45, 7) is 3.85. The van der Waals surface area contributed by atoms with Crippen LogP contribution < -0.4 is 11.1 Å². The minimum Gasteiger partial charge on any atom is -0.354 e. The predicted molar refractivity (Wildman–Crippen MR) is 74.0 cm³/mol. The molecule has 0 saturated carbocycles. The van der Waals surface area contributed by atoms with E-state index in [9.17, 15) is 0 Å². The summed E-state index contributed by atoms with van der Waals surface area (Å²) in [6.07, 6.45) is 1.62. The summed E-state index contributed by atoms with van der Waals surface area (Å²) in [4.78, 5) is 8.56. The van der Waals surface area contributed by atoms with Gasteiger partial charge in [-0.05, 0) is 6.26 Å². The van der Waals surface area contributed by atoms with Crippen LogP contribution in [0.25, 0.3) is 0 Å². The van der Waals surface area contributed by atoms with E-state index in [0.717, 1.165) is 37.0 Å². The van der Waals surface area contributed by atoms with Gasteiger partial charge in [0.25, 0.3) is 0 Å². The molecule has 96 valence electrons. The summed E-state index contributed by atoms with van der Waals surface area (Å²) in [5.41, 5.74) is 5.99. The van der Waals surface area contributed by atoms with Gasteiger partial charge in [0.1, 0.15) is 15.9 Å². The molecule has 5 nitrogen and oxygen atoms in total. The first-order chi connectivity index (χ1) is 8.15. The highest BCUT2D eigenvalue weighted by molar-refractivity contribution is 8.14. The average molecular weight is 276 g/mol. The van der Waals surface area contributed by atoms with Crippen LogP contribution in [0.5, 0.6) is 0 Å². The van der Waals surface area contributed by atoms with Gasteiger partial charge in [-0.1, -0.05) is 11.6 Å². The lowest BCUT2D eigenvalue weighted by molar-refractivity contribution is 0.180. The SMILES string of the molecule is CSC1=NC(N)N(C)C(N2CCNCC2)=C1Cl. The first-order valence-corrected chi connectivity index (χ1v) is 7.21. The Hall–Kier alpha value is -0.430. The Morgan fingerprint density at radius 1 is 1.47 bits per heavy atom. The quantitative estimate of drug-likeness (QED) is 0.719. The minimum absolute atomic E-state index is 0.343. The number of nitrogens with zero attached hydrogens (tertiary/aromatic N) is 3. The number of thioether (sulfide) groups is 1. The summed E-state index contributed by atoms with van der Waals surface area (Å²) < 4.78 is 0. The molecule has 0 bridgehead atoms. The molecular weight excluding hydrogens is 258 g/mol. The molecule has 2 heterocycles. The van der Waals surface area contributed by atoms with Crippen molar-refractivity contribution in [2.75, 3.05) is 39.5 Å². The van der Waals surface area contributed by atoms with Crippen LogP contribution in [0, 0.1) is 0 Å². The van der Waals surface area contributed by atoms with Gasteiger partial charge in [-0.3, -0.25) is 5.73 Å². The molecule has 1 fully saturated rings. The second kappa shape index (κ2) is 5.48. The topological polar surface area (TPSA) is 56.9 Å². The van der Waals surface area contributed by atoms with E-state index in [1.807, 2.05) is 18.2 Å². The van der Waals surface area contributed by atoms with E-state index in [0.29, 0.717) is 5.03 Å². The van der Waals surface area contributed by atoms with Crippen LogP contribution in [0.15, 0.2) is 15.8 Å².